The summed E-state index contributed by atoms with van der Waals surface area (Å²) in [5.41, 5.74) is 6.37. The van der Waals surface area contributed by atoms with E-state index in [1.54, 1.807) is 6.07 Å². The molecule has 0 spiro atoms. The van der Waals surface area contributed by atoms with Crippen LogP contribution >= 0.6 is 35.4 Å². The number of nitrogens with two attached hydrogens (primary N) is 1. The van der Waals surface area contributed by atoms with E-state index in [2.05, 4.69) is 0 Å². The average molecular weight is 234 g/mol. The molecule has 0 aromatic heterocycles. The zero-order valence-electron chi connectivity index (χ0n) is 6.89. The Morgan fingerprint density at radius 1 is 1.38 bits per heavy atom. The Hall–Kier alpha value is -0.310. The van der Waals surface area contributed by atoms with Crippen LogP contribution in [0, 0.1) is 0 Å². The normalized spacial score (nSPS) is 10.0. The van der Waals surface area contributed by atoms with Gasteiger partial charge in [0, 0.05) is 6.42 Å². The molecule has 2 N–H and O–H groups in total. The molecule has 0 amide bonds. The molecule has 1 nitrogen and oxygen atoms in total. The van der Waals surface area contributed by atoms with Crippen LogP contribution in [0.5, 0.6) is 0 Å². The fourth-order valence-corrected chi connectivity index (χ4v) is 1.52. The predicted octanol–water partition coefficient (Wildman–Crippen LogP) is 3.21. The molecule has 1 aromatic carbocycles. The molecule has 0 aliphatic heterocycles. The van der Waals surface area contributed by atoms with Crippen molar-refractivity contribution in [3.8, 4) is 0 Å². The summed E-state index contributed by atoms with van der Waals surface area (Å²) in [5, 5.41) is 1.17. The molecule has 0 aliphatic carbocycles. The van der Waals surface area contributed by atoms with Gasteiger partial charge in [0.1, 0.15) is 0 Å². The molecule has 13 heavy (non-hydrogen) atoms. The third-order valence-corrected chi connectivity index (χ3v) is 2.73. The number of hydrogen-bond acceptors (Lipinski definition) is 1. The maximum atomic E-state index is 5.96. The van der Waals surface area contributed by atoms with Crippen molar-refractivity contribution in [2.75, 3.05) is 0 Å². The second-order valence-electron chi connectivity index (χ2n) is 2.68. The van der Waals surface area contributed by atoms with E-state index >= 15 is 0 Å². The molecule has 0 bridgehead atoms. The van der Waals surface area contributed by atoms with Crippen molar-refractivity contribution in [2.45, 2.75) is 12.8 Å². The molecule has 0 atom stereocenters. The molecule has 0 fully saturated rings. The second kappa shape index (κ2) is 4.80. The fraction of sp³-hybridized carbons (Fsp3) is 0.222. The smallest absolute Gasteiger partial charge is 0.0730 e. The van der Waals surface area contributed by atoms with E-state index in [0.717, 1.165) is 12.0 Å². The summed E-state index contributed by atoms with van der Waals surface area (Å²) >= 11 is 16.6. The molecular weight excluding hydrogens is 225 g/mol. The van der Waals surface area contributed by atoms with E-state index < -0.39 is 0 Å². The molecule has 70 valence electrons. The zero-order valence-corrected chi connectivity index (χ0v) is 9.22. The van der Waals surface area contributed by atoms with E-state index in [-0.39, 0.29) is 0 Å². The Labute approximate surface area is 92.8 Å². The number of aryl methyl sites for hydroxylation is 1. The molecule has 4 heteroatoms. The summed E-state index contributed by atoms with van der Waals surface area (Å²) in [5.74, 6) is 0. The van der Waals surface area contributed by atoms with Gasteiger partial charge in [-0.2, -0.15) is 0 Å². The molecular formula is C9H9Cl2NS. The predicted molar refractivity (Wildman–Crippen MR) is 61.6 cm³/mol. The third kappa shape index (κ3) is 3.14. The lowest BCUT2D eigenvalue weighted by Crippen LogP contribution is -2.08. The van der Waals surface area contributed by atoms with Gasteiger partial charge in [0.05, 0.1) is 15.0 Å². The molecule has 0 heterocycles. The van der Waals surface area contributed by atoms with E-state index in [1.807, 2.05) is 12.1 Å². The van der Waals surface area contributed by atoms with Gasteiger partial charge in [0.2, 0.25) is 0 Å². The first-order valence-electron chi connectivity index (χ1n) is 3.82. The molecule has 0 unspecified atom stereocenters. The minimum atomic E-state index is 0.496. The Bertz CT molecular complexity index is 325. The van der Waals surface area contributed by atoms with E-state index in [1.165, 1.54) is 0 Å². The lowest BCUT2D eigenvalue weighted by molar-refractivity contribution is 1.04. The highest BCUT2D eigenvalue weighted by Crippen LogP contribution is 2.26. The Morgan fingerprint density at radius 3 is 2.69 bits per heavy atom. The first-order chi connectivity index (χ1) is 6.11. The molecule has 1 aromatic rings. The van der Waals surface area contributed by atoms with Crippen molar-refractivity contribution in [3.63, 3.8) is 0 Å². The van der Waals surface area contributed by atoms with E-state index in [4.69, 9.17) is 41.2 Å². The maximum Gasteiger partial charge on any atom is 0.0730 e. The summed E-state index contributed by atoms with van der Waals surface area (Å²) in [7, 11) is 0. The van der Waals surface area contributed by atoms with Crippen LogP contribution in [0.15, 0.2) is 18.2 Å². The van der Waals surface area contributed by atoms with Gasteiger partial charge >= 0.3 is 0 Å². The monoisotopic (exact) mass is 233 g/mol. The zero-order chi connectivity index (χ0) is 9.84. The van der Waals surface area contributed by atoms with Gasteiger partial charge in [-0.1, -0.05) is 47.6 Å². The quantitative estimate of drug-likeness (QED) is 0.812. The minimum absolute atomic E-state index is 0.496. The minimum Gasteiger partial charge on any atom is -0.393 e. The van der Waals surface area contributed by atoms with Crippen LogP contribution in [0.1, 0.15) is 12.0 Å². The average Bonchev–Trinajstić information content (AvgIpc) is 2.07. The first-order valence-corrected chi connectivity index (χ1v) is 4.99. The van der Waals surface area contributed by atoms with Crippen LogP contribution in [-0.2, 0) is 6.42 Å². The number of halogens is 2. The van der Waals surface area contributed by atoms with Crippen molar-refractivity contribution in [3.05, 3.63) is 33.8 Å². The number of rotatable bonds is 3. The van der Waals surface area contributed by atoms with Gasteiger partial charge in [0.25, 0.3) is 0 Å². The summed E-state index contributed by atoms with van der Waals surface area (Å²) in [6.07, 6.45) is 1.41. The molecule has 1 rings (SSSR count). The largest absolute Gasteiger partial charge is 0.393 e. The highest BCUT2D eigenvalue weighted by atomic mass is 35.5. The highest BCUT2D eigenvalue weighted by molar-refractivity contribution is 7.80. The first kappa shape index (κ1) is 10.8. The van der Waals surface area contributed by atoms with Crippen LogP contribution in [0.2, 0.25) is 10.0 Å². The number of benzene rings is 1. The number of thiocarbonyl (C=S) groups is 1. The van der Waals surface area contributed by atoms with Crippen molar-refractivity contribution in [1.82, 2.24) is 0 Å². The van der Waals surface area contributed by atoms with Gasteiger partial charge in [-0.25, -0.2) is 0 Å². The van der Waals surface area contributed by atoms with Crippen LogP contribution in [0.25, 0.3) is 0 Å². The SMILES string of the molecule is NC(=S)CCc1cccc(Cl)c1Cl. The van der Waals surface area contributed by atoms with Crippen LogP contribution in [0.3, 0.4) is 0 Å². The van der Waals surface area contributed by atoms with Gasteiger partial charge in [-0.05, 0) is 18.1 Å². The standard InChI is InChI=1S/C9H9Cl2NS/c10-7-3-1-2-6(9(7)11)4-5-8(12)13/h1-3H,4-5H2,(H2,12,13). The van der Waals surface area contributed by atoms with Gasteiger partial charge < -0.3 is 5.73 Å². The molecule has 0 aliphatic rings. The fourth-order valence-electron chi connectivity index (χ4n) is 0.999. The van der Waals surface area contributed by atoms with Gasteiger partial charge in [0.15, 0.2) is 0 Å². The Morgan fingerprint density at radius 2 is 2.08 bits per heavy atom. The van der Waals surface area contributed by atoms with Gasteiger partial charge in [-0.3, -0.25) is 0 Å². The van der Waals surface area contributed by atoms with Crippen molar-refractivity contribution >= 4 is 40.4 Å². The topological polar surface area (TPSA) is 26.0 Å². The lowest BCUT2D eigenvalue weighted by Gasteiger charge is -2.04. The summed E-state index contributed by atoms with van der Waals surface area (Å²) in [6, 6.07) is 5.55. The maximum absolute atomic E-state index is 5.96. The Balaban J connectivity index is 2.77. The second-order valence-corrected chi connectivity index (χ2v) is 3.99. The number of hydrogen-bond donors (Lipinski definition) is 1. The summed E-state index contributed by atoms with van der Waals surface area (Å²) < 4.78 is 0. The third-order valence-electron chi connectivity index (χ3n) is 1.67. The molecule has 0 saturated heterocycles. The van der Waals surface area contributed by atoms with Crippen molar-refractivity contribution in [2.24, 2.45) is 5.73 Å². The van der Waals surface area contributed by atoms with Crippen LogP contribution in [0.4, 0.5) is 0 Å². The van der Waals surface area contributed by atoms with Crippen molar-refractivity contribution in [1.29, 1.82) is 0 Å². The Kier molecular flexibility index (Phi) is 3.97. The summed E-state index contributed by atoms with van der Waals surface area (Å²) in [4.78, 5) is 0.496. The summed E-state index contributed by atoms with van der Waals surface area (Å²) in [6.45, 7) is 0. The van der Waals surface area contributed by atoms with Gasteiger partial charge in [-0.15, -0.1) is 0 Å². The molecule has 0 saturated carbocycles. The van der Waals surface area contributed by atoms with Crippen molar-refractivity contribution < 1.29 is 0 Å². The highest BCUT2D eigenvalue weighted by Gasteiger charge is 2.03. The van der Waals surface area contributed by atoms with Crippen LogP contribution < -0.4 is 5.73 Å². The van der Waals surface area contributed by atoms with E-state index in [0.29, 0.717) is 21.5 Å². The van der Waals surface area contributed by atoms with E-state index in [9.17, 15) is 0 Å². The lowest BCUT2D eigenvalue weighted by atomic mass is 10.1. The van der Waals surface area contributed by atoms with Crippen LogP contribution in [-0.4, -0.2) is 4.99 Å². The molecule has 0 radical (unpaired) electrons.